The van der Waals surface area contributed by atoms with Crippen molar-refractivity contribution in [3.05, 3.63) is 29.8 Å². The number of hydrogen-bond donors (Lipinski definition) is 2. The molecule has 0 aromatic heterocycles. The van der Waals surface area contributed by atoms with Gasteiger partial charge >= 0.3 is 5.97 Å². The van der Waals surface area contributed by atoms with E-state index in [1.807, 2.05) is 19.1 Å². The third-order valence-electron chi connectivity index (χ3n) is 3.50. The van der Waals surface area contributed by atoms with Crippen LogP contribution in [0.4, 0.5) is 5.69 Å². The van der Waals surface area contributed by atoms with Crippen molar-refractivity contribution in [3.63, 3.8) is 0 Å². The summed E-state index contributed by atoms with van der Waals surface area (Å²) in [7, 11) is 0. The van der Waals surface area contributed by atoms with Crippen LogP contribution in [0.2, 0.25) is 0 Å². The quantitative estimate of drug-likeness (QED) is 0.759. The first kappa shape index (κ1) is 16.5. The van der Waals surface area contributed by atoms with Gasteiger partial charge in [-0.05, 0) is 24.1 Å². The molecule has 6 nitrogen and oxygen atoms in total. The van der Waals surface area contributed by atoms with Crippen molar-refractivity contribution in [3.8, 4) is 0 Å². The molecular weight excluding hydrogens is 304 g/mol. The summed E-state index contributed by atoms with van der Waals surface area (Å²) in [6, 6.07) is 6.24. The second kappa shape index (κ2) is 6.93. The number of carbonyl (C=O) groups excluding carboxylic acids is 2. The average Bonchev–Trinajstić information content (AvgIpc) is 2.79. The summed E-state index contributed by atoms with van der Waals surface area (Å²) in [6.07, 6.45) is 0.957. The zero-order valence-electron chi connectivity index (χ0n) is 12.2. The molecule has 1 heterocycles. The Morgan fingerprint density at radius 1 is 1.41 bits per heavy atom. The van der Waals surface area contributed by atoms with Gasteiger partial charge in [0, 0.05) is 12.2 Å². The van der Waals surface area contributed by atoms with Crippen LogP contribution >= 0.6 is 11.8 Å². The van der Waals surface area contributed by atoms with Crippen molar-refractivity contribution in [2.45, 2.75) is 31.1 Å². The smallest absolute Gasteiger partial charge is 0.321 e. The molecule has 1 fully saturated rings. The predicted octanol–water partition coefficient (Wildman–Crippen LogP) is 1.03. The number of anilines is 1. The summed E-state index contributed by atoms with van der Waals surface area (Å²) in [5.41, 5.74) is 7.10. The summed E-state index contributed by atoms with van der Waals surface area (Å²) in [6.45, 7) is 2.03. The number of carboxylic acids is 1. The number of nitrogens with two attached hydrogens (primary N) is 1. The summed E-state index contributed by atoms with van der Waals surface area (Å²) in [5, 5.41) is 8.19. The van der Waals surface area contributed by atoms with E-state index in [1.54, 1.807) is 12.1 Å². The van der Waals surface area contributed by atoms with Crippen molar-refractivity contribution >= 4 is 35.2 Å². The lowest BCUT2D eigenvalue weighted by molar-refractivity contribution is -0.138. The number of carbonyl (C=O) groups is 3. The van der Waals surface area contributed by atoms with E-state index in [4.69, 9.17) is 10.8 Å². The molecule has 0 unspecified atom stereocenters. The zero-order valence-corrected chi connectivity index (χ0v) is 13.0. The van der Waals surface area contributed by atoms with Gasteiger partial charge in [0.2, 0.25) is 11.8 Å². The van der Waals surface area contributed by atoms with Gasteiger partial charge < -0.3 is 10.8 Å². The number of aryl methyl sites for hydroxylation is 1. The summed E-state index contributed by atoms with van der Waals surface area (Å²) >= 11 is 1.12. The molecule has 7 heteroatoms. The van der Waals surface area contributed by atoms with E-state index in [0.717, 1.165) is 23.7 Å². The third-order valence-corrected chi connectivity index (χ3v) is 4.82. The molecule has 22 heavy (non-hydrogen) atoms. The van der Waals surface area contributed by atoms with E-state index in [-0.39, 0.29) is 24.0 Å². The van der Waals surface area contributed by atoms with Crippen molar-refractivity contribution < 1.29 is 19.5 Å². The molecule has 118 valence electrons. The standard InChI is InChI=1S/C15H18N2O4S/c1-2-9-3-5-10(6-4-9)17-13(18)7-12(14(17)19)22-8-11(16)15(20)21/h3-6,11-12H,2,7-8,16H2,1H3,(H,20,21)/t11-,12+/m1/s1. The molecule has 0 radical (unpaired) electrons. The highest BCUT2D eigenvalue weighted by Crippen LogP contribution is 2.30. The van der Waals surface area contributed by atoms with Gasteiger partial charge in [-0.25, -0.2) is 4.90 Å². The molecule has 1 saturated heterocycles. The van der Waals surface area contributed by atoms with Gasteiger partial charge in [0.05, 0.1) is 10.9 Å². The van der Waals surface area contributed by atoms with Gasteiger partial charge in [0.1, 0.15) is 6.04 Å². The van der Waals surface area contributed by atoms with Gasteiger partial charge in [-0.2, -0.15) is 0 Å². The molecule has 3 N–H and O–H groups in total. The molecule has 0 bridgehead atoms. The van der Waals surface area contributed by atoms with E-state index < -0.39 is 17.3 Å². The van der Waals surface area contributed by atoms with Crippen LogP contribution in [0.15, 0.2) is 24.3 Å². The largest absolute Gasteiger partial charge is 0.480 e. The monoisotopic (exact) mass is 322 g/mol. The number of rotatable bonds is 6. The lowest BCUT2D eigenvalue weighted by Gasteiger charge is -2.15. The van der Waals surface area contributed by atoms with Gasteiger partial charge in [-0.3, -0.25) is 14.4 Å². The first-order valence-corrected chi connectivity index (χ1v) is 8.04. The Kier molecular flexibility index (Phi) is 5.20. The fraction of sp³-hybridized carbons (Fsp3) is 0.400. The highest BCUT2D eigenvalue weighted by atomic mass is 32.2. The molecule has 2 amide bonds. The Bertz CT molecular complexity index is 588. The second-order valence-electron chi connectivity index (χ2n) is 5.06. The molecular formula is C15H18N2O4S. The summed E-state index contributed by atoms with van der Waals surface area (Å²) < 4.78 is 0. The van der Waals surface area contributed by atoms with Crippen molar-refractivity contribution in [1.29, 1.82) is 0 Å². The Balaban J connectivity index is 2.06. The van der Waals surface area contributed by atoms with Gasteiger partial charge in [0.15, 0.2) is 0 Å². The van der Waals surface area contributed by atoms with Gasteiger partial charge in [0.25, 0.3) is 0 Å². The van der Waals surface area contributed by atoms with Gasteiger partial charge in [-0.15, -0.1) is 11.8 Å². The minimum atomic E-state index is -1.11. The van der Waals surface area contributed by atoms with Crippen LogP contribution in [0.1, 0.15) is 18.9 Å². The molecule has 2 rings (SSSR count). The van der Waals surface area contributed by atoms with Gasteiger partial charge in [-0.1, -0.05) is 19.1 Å². The van der Waals surface area contributed by atoms with E-state index in [1.165, 1.54) is 4.90 Å². The molecule has 0 saturated carbocycles. The van der Waals surface area contributed by atoms with Crippen LogP contribution in [0.3, 0.4) is 0 Å². The highest BCUT2D eigenvalue weighted by molar-refractivity contribution is 8.00. The Hall–Kier alpha value is -1.86. The normalized spacial score (nSPS) is 19.5. The molecule has 1 aromatic carbocycles. The lowest BCUT2D eigenvalue weighted by Crippen LogP contribution is -2.35. The third kappa shape index (κ3) is 3.48. The lowest BCUT2D eigenvalue weighted by atomic mass is 10.1. The SMILES string of the molecule is CCc1ccc(N2C(=O)C[C@H](SC[C@@H](N)C(=O)O)C2=O)cc1. The number of amides is 2. The Labute approximate surface area is 132 Å². The van der Waals surface area contributed by atoms with Crippen LogP contribution in [0, 0.1) is 0 Å². The van der Waals surface area contributed by atoms with E-state index >= 15 is 0 Å². The molecule has 0 aliphatic carbocycles. The number of nitrogens with zero attached hydrogens (tertiary/aromatic N) is 1. The molecule has 1 aliphatic heterocycles. The maximum Gasteiger partial charge on any atom is 0.321 e. The molecule has 1 aliphatic rings. The first-order valence-electron chi connectivity index (χ1n) is 6.99. The predicted molar refractivity (Wildman–Crippen MR) is 84.8 cm³/mol. The number of aliphatic carboxylic acids is 1. The number of thioether (sulfide) groups is 1. The minimum Gasteiger partial charge on any atom is -0.480 e. The van der Waals surface area contributed by atoms with Crippen molar-refractivity contribution in [2.75, 3.05) is 10.7 Å². The summed E-state index contributed by atoms with van der Waals surface area (Å²) in [4.78, 5) is 36.3. The zero-order chi connectivity index (χ0) is 16.3. The maximum absolute atomic E-state index is 12.3. The van der Waals surface area contributed by atoms with Crippen molar-refractivity contribution in [2.24, 2.45) is 5.73 Å². The van der Waals surface area contributed by atoms with Crippen LogP contribution < -0.4 is 10.6 Å². The highest BCUT2D eigenvalue weighted by Gasteiger charge is 2.40. The van der Waals surface area contributed by atoms with E-state index in [0.29, 0.717) is 5.69 Å². The van der Waals surface area contributed by atoms with Crippen LogP contribution in [0.5, 0.6) is 0 Å². The number of imide groups is 1. The van der Waals surface area contributed by atoms with Crippen molar-refractivity contribution in [1.82, 2.24) is 0 Å². The number of carboxylic acid groups (broad SMARTS) is 1. The van der Waals surface area contributed by atoms with Crippen LogP contribution in [-0.2, 0) is 20.8 Å². The Morgan fingerprint density at radius 3 is 2.59 bits per heavy atom. The number of benzene rings is 1. The molecule has 1 aromatic rings. The first-order chi connectivity index (χ1) is 10.4. The van der Waals surface area contributed by atoms with Crippen LogP contribution in [0.25, 0.3) is 0 Å². The average molecular weight is 322 g/mol. The second-order valence-corrected chi connectivity index (χ2v) is 6.29. The van der Waals surface area contributed by atoms with E-state index in [2.05, 4.69) is 0 Å². The van der Waals surface area contributed by atoms with E-state index in [9.17, 15) is 14.4 Å². The van der Waals surface area contributed by atoms with Crippen LogP contribution in [-0.4, -0.2) is 39.9 Å². The minimum absolute atomic E-state index is 0.0748. The number of hydrogen-bond acceptors (Lipinski definition) is 5. The summed E-state index contributed by atoms with van der Waals surface area (Å²) in [5.74, 6) is -1.59. The molecule has 2 atom stereocenters. The topological polar surface area (TPSA) is 101 Å². The molecule has 0 spiro atoms. The fourth-order valence-electron chi connectivity index (χ4n) is 2.18. The maximum atomic E-state index is 12.3. The Morgan fingerprint density at radius 2 is 2.05 bits per heavy atom. The fourth-order valence-corrected chi connectivity index (χ4v) is 3.27.